The zero-order chi connectivity index (χ0) is 34.7. The number of allylic oxidation sites excluding steroid dienone is 2. The molecule has 11 atom stereocenters. The minimum Gasteiger partial charge on any atom is -0.469 e. The lowest BCUT2D eigenvalue weighted by Gasteiger charge is -2.70. The van der Waals surface area contributed by atoms with Gasteiger partial charge in [-0.25, -0.2) is 9.59 Å². The number of rotatable bonds is 6. The fraction of sp³-hybridized carbons (Fsp3) is 0.732. The number of methoxy groups -OCH3 is 2. The number of ether oxygens (including phenoxy) is 2. The van der Waals surface area contributed by atoms with Crippen LogP contribution in [0.5, 0.6) is 0 Å². The molecule has 7 heteroatoms. The van der Waals surface area contributed by atoms with Crippen molar-refractivity contribution in [2.75, 3.05) is 14.2 Å². The lowest BCUT2D eigenvalue weighted by atomic mass is 9.34. The van der Waals surface area contributed by atoms with Gasteiger partial charge in [-0.2, -0.15) is 0 Å². The first kappa shape index (κ1) is 35.0. The van der Waals surface area contributed by atoms with E-state index in [2.05, 4.69) is 58.3 Å². The molecule has 0 bridgehead atoms. The van der Waals surface area contributed by atoms with Crippen LogP contribution in [0.3, 0.4) is 0 Å². The van der Waals surface area contributed by atoms with Crippen molar-refractivity contribution in [3.8, 4) is 0 Å². The molecule has 1 aromatic rings. The topological polar surface area (TPSA) is 93.7 Å². The van der Waals surface area contributed by atoms with Gasteiger partial charge in [0.2, 0.25) is 0 Å². The van der Waals surface area contributed by atoms with Gasteiger partial charge in [-0.15, -0.1) is 0 Å². The van der Waals surface area contributed by atoms with Crippen molar-refractivity contribution in [3.63, 3.8) is 0 Å². The van der Waals surface area contributed by atoms with E-state index in [9.17, 15) is 14.4 Å². The molecule has 0 saturated heterocycles. The van der Waals surface area contributed by atoms with Gasteiger partial charge in [0.15, 0.2) is 0 Å². The first-order chi connectivity index (χ1) is 22.6. The highest BCUT2D eigenvalue weighted by Gasteiger charge is 2.67. The van der Waals surface area contributed by atoms with Crippen LogP contribution in [-0.4, -0.2) is 44.3 Å². The SMILES string of the molecule is COC(=O)[C@H](Cc1ccccc1)NC(=O)NC1CC[C@@]2(C)C(CC[C@]3(C)C2CC=C2C4C[C@@](C)(C(=O)OC)CC[C@]4(C)CC[C@]23C)[C@H]1C. The lowest BCUT2D eigenvalue weighted by molar-refractivity contribution is -0.173. The molecule has 4 fully saturated rings. The third-order valence-electron chi connectivity index (χ3n) is 15.5. The Morgan fingerprint density at radius 3 is 2.29 bits per heavy atom. The van der Waals surface area contributed by atoms with Crippen LogP contribution in [0.1, 0.15) is 111 Å². The minimum absolute atomic E-state index is 0.0459. The Balaban J connectivity index is 1.19. The predicted molar refractivity (Wildman–Crippen MR) is 188 cm³/mol. The average molecular weight is 661 g/mol. The van der Waals surface area contributed by atoms with E-state index >= 15 is 0 Å². The number of benzene rings is 1. The molecule has 1 aromatic carbocycles. The lowest BCUT2D eigenvalue weighted by Crippen LogP contribution is -2.64. The highest BCUT2D eigenvalue weighted by atomic mass is 16.5. The van der Waals surface area contributed by atoms with Crippen molar-refractivity contribution in [1.29, 1.82) is 0 Å². The molecule has 264 valence electrons. The van der Waals surface area contributed by atoms with Crippen LogP contribution in [-0.2, 0) is 25.5 Å². The molecule has 4 unspecified atom stereocenters. The summed E-state index contributed by atoms with van der Waals surface area (Å²) in [6.07, 6.45) is 13.8. The number of fused-ring (bicyclic) bond motifs is 7. The zero-order valence-electron chi connectivity index (χ0n) is 30.7. The van der Waals surface area contributed by atoms with E-state index in [1.165, 1.54) is 26.4 Å². The van der Waals surface area contributed by atoms with E-state index in [-0.39, 0.29) is 39.7 Å². The summed E-state index contributed by atoms with van der Waals surface area (Å²) in [4.78, 5) is 39.0. The molecule has 7 nitrogen and oxygen atoms in total. The van der Waals surface area contributed by atoms with Gasteiger partial charge in [0.1, 0.15) is 6.04 Å². The van der Waals surface area contributed by atoms with Crippen LogP contribution in [0.15, 0.2) is 42.0 Å². The van der Waals surface area contributed by atoms with Crippen LogP contribution in [0, 0.1) is 50.7 Å². The Labute approximate surface area is 288 Å². The van der Waals surface area contributed by atoms with Crippen molar-refractivity contribution in [2.24, 2.45) is 50.7 Å². The zero-order valence-corrected chi connectivity index (χ0v) is 30.7. The Kier molecular flexibility index (Phi) is 9.11. The summed E-state index contributed by atoms with van der Waals surface area (Å²) in [6, 6.07) is 8.75. The fourth-order valence-electron chi connectivity index (χ4n) is 12.2. The summed E-state index contributed by atoms with van der Waals surface area (Å²) < 4.78 is 10.4. The molecular weight excluding hydrogens is 600 g/mol. The van der Waals surface area contributed by atoms with Crippen LogP contribution >= 0.6 is 0 Å². The maximum atomic E-state index is 13.4. The molecule has 2 N–H and O–H groups in total. The van der Waals surface area contributed by atoms with E-state index in [4.69, 9.17) is 9.47 Å². The van der Waals surface area contributed by atoms with Gasteiger partial charge >= 0.3 is 18.0 Å². The Hall–Kier alpha value is -2.83. The first-order valence-electron chi connectivity index (χ1n) is 18.6. The van der Waals surface area contributed by atoms with Gasteiger partial charge < -0.3 is 20.1 Å². The maximum absolute atomic E-state index is 13.4. The van der Waals surface area contributed by atoms with Crippen molar-refractivity contribution >= 4 is 18.0 Å². The minimum atomic E-state index is -0.743. The molecule has 0 aromatic heterocycles. The third-order valence-corrected chi connectivity index (χ3v) is 15.5. The fourth-order valence-corrected chi connectivity index (χ4v) is 12.2. The van der Waals surface area contributed by atoms with Crippen LogP contribution in [0.2, 0.25) is 0 Å². The number of carbonyl (C=O) groups is 3. The standard InChI is InChI=1S/C41H60N2O5/c1-26-28-16-19-41(6)33(15-14-29-30-25-38(3,35(45)48-8)21-20-37(30,2)22-23-40(29,41)5)39(28,4)18-17-31(26)42-36(46)43-32(34(44)47-7)24-27-12-10-9-11-13-27/h9-14,26,28,30-33H,15-25H2,1-8H3,(H2,42,43,46)/t26-,28?,30?,31?,32+,33?,37-,38+,39+,40-,41-/m1/s1. The van der Waals surface area contributed by atoms with Gasteiger partial charge in [0.05, 0.1) is 19.6 Å². The van der Waals surface area contributed by atoms with E-state index in [1.54, 1.807) is 12.7 Å². The van der Waals surface area contributed by atoms with Crippen molar-refractivity contribution < 1.29 is 23.9 Å². The van der Waals surface area contributed by atoms with E-state index in [1.807, 2.05) is 30.3 Å². The molecule has 0 aliphatic heterocycles. The number of carbonyl (C=O) groups excluding carboxylic acids is 3. The number of hydrogen-bond acceptors (Lipinski definition) is 5. The molecule has 6 rings (SSSR count). The molecule has 4 saturated carbocycles. The number of nitrogens with one attached hydrogen (secondary N) is 2. The first-order valence-corrected chi connectivity index (χ1v) is 18.6. The predicted octanol–water partition coefficient (Wildman–Crippen LogP) is 8.02. The van der Waals surface area contributed by atoms with Gasteiger partial charge in [-0.1, -0.05) is 76.6 Å². The summed E-state index contributed by atoms with van der Waals surface area (Å²) in [5.74, 6) is 1.36. The number of amides is 2. The van der Waals surface area contributed by atoms with Gasteiger partial charge in [-0.3, -0.25) is 4.79 Å². The molecule has 2 amide bonds. The number of hydrogen-bond donors (Lipinski definition) is 2. The monoisotopic (exact) mass is 660 g/mol. The second-order valence-electron chi connectivity index (χ2n) is 17.7. The highest BCUT2D eigenvalue weighted by molar-refractivity contribution is 5.84. The van der Waals surface area contributed by atoms with E-state index in [0.29, 0.717) is 30.1 Å². The Morgan fingerprint density at radius 1 is 0.896 bits per heavy atom. The summed E-state index contributed by atoms with van der Waals surface area (Å²) in [5.41, 5.74) is 2.93. The average Bonchev–Trinajstić information content (AvgIpc) is 3.06. The van der Waals surface area contributed by atoms with Crippen LogP contribution in [0.25, 0.3) is 0 Å². The third kappa shape index (κ3) is 5.50. The smallest absolute Gasteiger partial charge is 0.328 e. The normalized spacial score (nSPS) is 42.3. The van der Waals surface area contributed by atoms with Crippen LogP contribution in [0.4, 0.5) is 4.79 Å². The Bertz CT molecular complexity index is 1440. The van der Waals surface area contributed by atoms with Gasteiger partial charge in [0.25, 0.3) is 0 Å². The summed E-state index contributed by atoms with van der Waals surface area (Å²) in [6.45, 7) is 14.7. The van der Waals surface area contributed by atoms with Crippen LogP contribution < -0.4 is 10.6 Å². The van der Waals surface area contributed by atoms with E-state index < -0.39 is 17.4 Å². The van der Waals surface area contributed by atoms with Crippen molar-refractivity contribution in [1.82, 2.24) is 10.6 Å². The second kappa shape index (κ2) is 12.5. The van der Waals surface area contributed by atoms with Crippen molar-refractivity contribution in [3.05, 3.63) is 47.5 Å². The van der Waals surface area contributed by atoms with Crippen molar-refractivity contribution in [2.45, 2.75) is 124 Å². The second-order valence-corrected chi connectivity index (χ2v) is 17.7. The van der Waals surface area contributed by atoms with Gasteiger partial charge in [-0.05, 0) is 122 Å². The summed E-state index contributed by atoms with van der Waals surface area (Å²) in [5, 5.41) is 6.23. The summed E-state index contributed by atoms with van der Waals surface area (Å²) >= 11 is 0. The molecule has 48 heavy (non-hydrogen) atoms. The molecule has 0 radical (unpaired) electrons. The van der Waals surface area contributed by atoms with Gasteiger partial charge in [0, 0.05) is 12.5 Å². The molecule has 5 aliphatic carbocycles. The number of urea groups is 1. The summed E-state index contributed by atoms with van der Waals surface area (Å²) in [7, 11) is 2.91. The Morgan fingerprint density at radius 2 is 1.60 bits per heavy atom. The maximum Gasteiger partial charge on any atom is 0.328 e. The molecular formula is C41H60N2O5. The largest absolute Gasteiger partial charge is 0.469 e. The number of esters is 2. The van der Waals surface area contributed by atoms with E-state index in [0.717, 1.165) is 50.5 Å². The highest BCUT2D eigenvalue weighted by Crippen LogP contribution is 2.74. The quantitative estimate of drug-likeness (QED) is 0.238. The molecule has 0 heterocycles. The molecule has 0 spiro atoms. The molecule has 5 aliphatic rings.